The number of nitrogens with one attached hydrogen (secondary N) is 1. The number of hydrogen-bond acceptors (Lipinski definition) is 9. The molecule has 184 valence electrons. The Labute approximate surface area is 212 Å². The maximum atomic E-state index is 9.61. The summed E-state index contributed by atoms with van der Waals surface area (Å²) < 4.78 is 4.39. The van der Waals surface area contributed by atoms with E-state index in [1.165, 1.54) is 37.8 Å². The first-order valence-corrected chi connectivity index (χ1v) is 13.8. The zero-order valence-electron chi connectivity index (χ0n) is 20.4. The summed E-state index contributed by atoms with van der Waals surface area (Å²) >= 11 is 8.07. The van der Waals surface area contributed by atoms with E-state index in [4.69, 9.17) is 16.6 Å². The van der Waals surface area contributed by atoms with Gasteiger partial charge in [0.15, 0.2) is 5.82 Å². The number of nitrogens with zero attached hydrogens (tertiary/aromatic N) is 7. The molecule has 5 rings (SSSR count). The summed E-state index contributed by atoms with van der Waals surface area (Å²) in [5.74, 6) is 1.29. The van der Waals surface area contributed by atoms with Gasteiger partial charge < -0.3 is 10.2 Å². The maximum absolute atomic E-state index is 9.61. The minimum atomic E-state index is 0.103. The van der Waals surface area contributed by atoms with E-state index in [0.29, 0.717) is 34.9 Å². The Bertz CT molecular complexity index is 976. The van der Waals surface area contributed by atoms with Crippen LogP contribution >= 0.6 is 23.5 Å². The highest BCUT2D eigenvalue weighted by Gasteiger charge is 2.49. The van der Waals surface area contributed by atoms with Gasteiger partial charge in [0.05, 0.1) is 24.7 Å². The number of piperazine rings is 1. The molecular formula is C24H35ClN8S. The second-order valence-electron chi connectivity index (χ2n) is 10.3. The number of anilines is 2. The van der Waals surface area contributed by atoms with Gasteiger partial charge in [-0.15, -0.1) is 0 Å². The molecule has 0 aromatic carbocycles. The fourth-order valence-corrected chi connectivity index (χ4v) is 7.25. The fourth-order valence-electron chi connectivity index (χ4n) is 6.19. The molecule has 0 bridgehead atoms. The molecule has 5 heterocycles. The number of rotatable bonds is 7. The van der Waals surface area contributed by atoms with E-state index >= 15 is 0 Å². The van der Waals surface area contributed by atoms with Crippen LogP contribution in [0.5, 0.6) is 0 Å². The minimum Gasteiger partial charge on any atom is -0.348 e. The van der Waals surface area contributed by atoms with Crippen molar-refractivity contribution >= 4 is 41.0 Å². The first-order valence-electron chi connectivity index (χ1n) is 12.6. The van der Waals surface area contributed by atoms with E-state index in [1.807, 2.05) is 6.92 Å². The van der Waals surface area contributed by atoms with Crippen molar-refractivity contribution in [3.63, 3.8) is 0 Å². The van der Waals surface area contributed by atoms with E-state index in [1.54, 1.807) is 6.20 Å². The van der Waals surface area contributed by atoms with Gasteiger partial charge >= 0.3 is 0 Å². The van der Waals surface area contributed by atoms with Crippen LogP contribution < -0.4 is 10.2 Å². The van der Waals surface area contributed by atoms with Crippen molar-refractivity contribution in [1.82, 2.24) is 19.8 Å². The third-order valence-electron chi connectivity index (χ3n) is 8.45. The van der Waals surface area contributed by atoms with Crippen LogP contribution in [0.4, 0.5) is 11.8 Å². The Kier molecular flexibility index (Phi) is 6.95. The van der Waals surface area contributed by atoms with E-state index in [2.05, 4.69) is 49.3 Å². The van der Waals surface area contributed by atoms with Crippen LogP contribution in [0.25, 0.3) is 0 Å². The average Bonchev–Trinajstić information content (AvgIpc) is 3.41. The van der Waals surface area contributed by atoms with Gasteiger partial charge in [0.1, 0.15) is 10.4 Å². The highest BCUT2D eigenvalue weighted by molar-refractivity contribution is 7.99. The Balaban J connectivity index is 1.27. The van der Waals surface area contributed by atoms with Crippen molar-refractivity contribution in [2.24, 2.45) is 9.81 Å². The SMILES string of the molecule is CCC1(CC)C[C@H]2CN([C@@H]3CN(c4nc(NC5CC(C)=NS5)ncc4Cl)[C@H]3CC#N)CCN2C1. The lowest BCUT2D eigenvalue weighted by molar-refractivity contribution is 0.0413. The molecule has 1 unspecified atom stereocenters. The number of hydrogen-bond donors (Lipinski definition) is 1. The molecular weight excluding hydrogens is 468 g/mol. The summed E-state index contributed by atoms with van der Waals surface area (Å²) in [6.07, 6.45) is 6.84. The van der Waals surface area contributed by atoms with Crippen LogP contribution in [0.3, 0.4) is 0 Å². The molecule has 1 N–H and O–H groups in total. The van der Waals surface area contributed by atoms with Gasteiger partial charge in [-0.3, -0.25) is 9.80 Å². The molecule has 4 atom stereocenters. The molecule has 0 aliphatic carbocycles. The molecule has 3 fully saturated rings. The molecule has 8 nitrogen and oxygen atoms in total. The largest absolute Gasteiger partial charge is 0.348 e. The monoisotopic (exact) mass is 502 g/mol. The van der Waals surface area contributed by atoms with Gasteiger partial charge in [0, 0.05) is 56.9 Å². The van der Waals surface area contributed by atoms with Crippen molar-refractivity contribution in [2.45, 2.75) is 76.4 Å². The van der Waals surface area contributed by atoms with E-state index in [9.17, 15) is 5.26 Å². The zero-order valence-corrected chi connectivity index (χ0v) is 21.9. The maximum Gasteiger partial charge on any atom is 0.225 e. The molecule has 4 aliphatic heterocycles. The lowest BCUT2D eigenvalue weighted by Gasteiger charge is -2.55. The van der Waals surface area contributed by atoms with Crippen molar-refractivity contribution in [1.29, 1.82) is 5.26 Å². The highest BCUT2D eigenvalue weighted by Crippen LogP contribution is 2.43. The van der Waals surface area contributed by atoms with Crippen molar-refractivity contribution in [3.8, 4) is 6.07 Å². The zero-order chi connectivity index (χ0) is 23.9. The summed E-state index contributed by atoms with van der Waals surface area (Å²) in [6, 6.07) is 3.52. The molecule has 0 radical (unpaired) electrons. The third kappa shape index (κ3) is 4.50. The number of halogens is 1. The Hall–Kier alpha value is -1.60. The van der Waals surface area contributed by atoms with Gasteiger partial charge in [0.2, 0.25) is 5.95 Å². The van der Waals surface area contributed by atoms with Crippen LogP contribution in [-0.4, -0.2) is 81.7 Å². The second kappa shape index (κ2) is 9.81. The number of aromatic nitrogens is 2. The molecule has 3 saturated heterocycles. The molecule has 0 spiro atoms. The molecule has 0 saturated carbocycles. The third-order valence-corrected chi connectivity index (χ3v) is 9.67. The van der Waals surface area contributed by atoms with Gasteiger partial charge in [-0.05, 0) is 43.5 Å². The van der Waals surface area contributed by atoms with Gasteiger partial charge in [-0.2, -0.15) is 10.2 Å². The van der Waals surface area contributed by atoms with Crippen molar-refractivity contribution in [2.75, 3.05) is 42.9 Å². The summed E-state index contributed by atoms with van der Waals surface area (Å²) in [4.78, 5) is 16.7. The van der Waals surface area contributed by atoms with Gasteiger partial charge in [-0.25, -0.2) is 9.38 Å². The van der Waals surface area contributed by atoms with Crippen molar-refractivity contribution < 1.29 is 0 Å². The second-order valence-corrected chi connectivity index (χ2v) is 11.7. The van der Waals surface area contributed by atoms with Crippen LogP contribution in [0.15, 0.2) is 10.6 Å². The van der Waals surface area contributed by atoms with E-state index in [0.717, 1.165) is 44.1 Å². The summed E-state index contributed by atoms with van der Waals surface area (Å²) in [5, 5.41) is 13.7. The summed E-state index contributed by atoms with van der Waals surface area (Å²) in [7, 11) is 0. The first-order chi connectivity index (χ1) is 16.4. The molecule has 0 amide bonds. The molecule has 10 heteroatoms. The Morgan fingerprint density at radius 3 is 2.76 bits per heavy atom. The normalized spacial score (nSPS) is 31.0. The number of fused-ring (bicyclic) bond motifs is 1. The fraction of sp³-hybridized carbons (Fsp3) is 0.750. The van der Waals surface area contributed by atoms with Crippen LogP contribution in [0.2, 0.25) is 5.02 Å². The molecule has 34 heavy (non-hydrogen) atoms. The van der Waals surface area contributed by atoms with Gasteiger partial charge in [0.25, 0.3) is 0 Å². The summed E-state index contributed by atoms with van der Waals surface area (Å²) in [5.41, 5.74) is 1.60. The van der Waals surface area contributed by atoms with Crippen molar-refractivity contribution in [3.05, 3.63) is 11.2 Å². The van der Waals surface area contributed by atoms with Crippen LogP contribution in [0.1, 0.15) is 52.9 Å². The van der Waals surface area contributed by atoms with Crippen LogP contribution in [0, 0.1) is 16.7 Å². The topological polar surface area (TPSA) is 83.7 Å². The van der Waals surface area contributed by atoms with E-state index < -0.39 is 0 Å². The summed E-state index contributed by atoms with van der Waals surface area (Å²) in [6.45, 7) is 12.1. The first kappa shape index (κ1) is 24.1. The Morgan fingerprint density at radius 2 is 2.06 bits per heavy atom. The average molecular weight is 503 g/mol. The quantitative estimate of drug-likeness (QED) is 0.559. The smallest absolute Gasteiger partial charge is 0.225 e. The lowest BCUT2D eigenvalue weighted by Crippen LogP contribution is -2.70. The van der Waals surface area contributed by atoms with Crippen LogP contribution in [-0.2, 0) is 0 Å². The van der Waals surface area contributed by atoms with E-state index in [-0.39, 0.29) is 11.4 Å². The standard InChI is InChI=1S/C24H35ClN8S/c1-4-24(5-2)11-17-13-31(8-9-32(17)15-24)20-14-33(19(20)6-7-26)22-18(25)12-27-23(29-22)28-21-10-16(3)30-34-21/h12,17,19-21H,4-6,8-11,13-15H2,1-3H3,(H,27,28,29)/t17-,19-,20+,21?/m0/s1. The number of nitriles is 1. The van der Waals surface area contributed by atoms with Gasteiger partial charge in [-0.1, -0.05) is 25.4 Å². The predicted octanol–water partition coefficient (Wildman–Crippen LogP) is 4.05. The molecule has 1 aromatic rings. The molecule has 4 aliphatic rings. The predicted molar refractivity (Wildman–Crippen MR) is 139 cm³/mol. The minimum absolute atomic E-state index is 0.103. The molecule has 1 aromatic heterocycles. The highest BCUT2D eigenvalue weighted by atomic mass is 35.5. The lowest BCUT2D eigenvalue weighted by atomic mass is 9.80. The Morgan fingerprint density at radius 1 is 1.26 bits per heavy atom.